The van der Waals surface area contributed by atoms with E-state index in [1.54, 1.807) is 31.2 Å². The summed E-state index contributed by atoms with van der Waals surface area (Å²) in [6.07, 6.45) is 0. The molecule has 2 aromatic carbocycles. The van der Waals surface area contributed by atoms with Gasteiger partial charge in [-0.1, -0.05) is 33.6 Å². The molecular formula is C18H14BrClFN3O2. The topological polar surface area (TPSA) is 70.2 Å². The summed E-state index contributed by atoms with van der Waals surface area (Å²) in [6.45, 7) is 1.58. The Morgan fingerprint density at radius 2 is 1.92 bits per heavy atom. The lowest BCUT2D eigenvalue weighted by Gasteiger charge is -2.29. The van der Waals surface area contributed by atoms with E-state index in [1.807, 2.05) is 0 Å². The maximum atomic E-state index is 14.4. The van der Waals surface area contributed by atoms with Gasteiger partial charge in [0.15, 0.2) is 0 Å². The molecule has 1 aliphatic rings. The van der Waals surface area contributed by atoms with Crippen LogP contribution in [0.15, 0.2) is 58.2 Å². The molecule has 8 heteroatoms. The molecule has 1 aliphatic heterocycles. The molecule has 1 atom stereocenters. The Morgan fingerprint density at radius 1 is 1.23 bits per heavy atom. The number of anilines is 1. The van der Waals surface area contributed by atoms with Crippen LogP contribution in [-0.4, -0.2) is 11.9 Å². The lowest BCUT2D eigenvalue weighted by atomic mass is 9.94. The second kappa shape index (κ2) is 7.47. The lowest BCUT2D eigenvalue weighted by molar-refractivity contribution is -0.113. The molecule has 0 bridgehead atoms. The largest absolute Gasteiger partial charge is 0.327 e. The first-order valence-electron chi connectivity index (χ1n) is 7.66. The molecule has 1 heterocycles. The van der Waals surface area contributed by atoms with Gasteiger partial charge >= 0.3 is 6.03 Å². The smallest absolute Gasteiger partial charge is 0.319 e. The fourth-order valence-corrected chi connectivity index (χ4v) is 3.27. The van der Waals surface area contributed by atoms with Gasteiger partial charge in [0.05, 0.1) is 11.6 Å². The Kier molecular flexibility index (Phi) is 5.29. The van der Waals surface area contributed by atoms with Gasteiger partial charge in [0.1, 0.15) is 5.82 Å². The van der Waals surface area contributed by atoms with Crippen LogP contribution in [0.2, 0.25) is 5.02 Å². The van der Waals surface area contributed by atoms with Gasteiger partial charge in [-0.15, -0.1) is 0 Å². The number of urea groups is 1. The average Bonchev–Trinajstić information content (AvgIpc) is 2.56. The van der Waals surface area contributed by atoms with Gasteiger partial charge < -0.3 is 16.0 Å². The Hall–Kier alpha value is -2.38. The van der Waals surface area contributed by atoms with E-state index >= 15 is 0 Å². The molecule has 0 unspecified atom stereocenters. The fraction of sp³-hybridized carbons (Fsp3) is 0.111. The highest BCUT2D eigenvalue weighted by atomic mass is 79.9. The minimum atomic E-state index is -1.01. The zero-order valence-corrected chi connectivity index (χ0v) is 15.9. The molecule has 2 aromatic rings. The average molecular weight is 439 g/mol. The third kappa shape index (κ3) is 3.73. The van der Waals surface area contributed by atoms with Crippen LogP contribution in [0.4, 0.5) is 14.9 Å². The number of carbonyl (C=O) groups excluding carboxylic acids is 2. The molecule has 0 aromatic heterocycles. The number of hydrogen-bond donors (Lipinski definition) is 3. The highest BCUT2D eigenvalue weighted by molar-refractivity contribution is 9.10. The number of allylic oxidation sites excluding steroid dienone is 1. The fourth-order valence-electron chi connectivity index (χ4n) is 2.73. The highest BCUT2D eigenvalue weighted by Crippen LogP contribution is 2.34. The van der Waals surface area contributed by atoms with E-state index in [0.29, 0.717) is 11.4 Å². The van der Waals surface area contributed by atoms with Crippen molar-refractivity contribution in [2.45, 2.75) is 13.0 Å². The molecule has 0 spiro atoms. The molecule has 3 amide bonds. The Balaban J connectivity index is 2.00. The Morgan fingerprint density at radius 3 is 2.58 bits per heavy atom. The van der Waals surface area contributed by atoms with E-state index in [1.165, 1.54) is 18.2 Å². The maximum Gasteiger partial charge on any atom is 0.319 e. The summed E-state index contributed by atoms with van der Waals surface area (Å²) in [5.74, 6) is -1.08. The van der Waals surface area contributed by atoms with Gasteiger partial charge in [-0.05, 0) is 43.3 Å². The van der Waals surface area contributed by atoms with E-state index < -0.39 is 23.8 Å². The molecule has 0 fully saturated rings. The van der Waals surface area contributed by atoms with Gasteiger partial charge in [-0.3, -0.25) is 4.79 Å². The summed E-state index contributed by atoms with van der Waals surface area (Å²) < 4.78 is 15.3. The third-order valence-electron chi connectivity index (χ3n) is 3.90. The summed E-state index contributed by atoms with van der Waals surface area (Å²) in [4.78, 5) is 24.7. The van der Waals surface area contributed by atoms with Crippen LogP contribution >= 0.6 is 27.5 Å². The molecule has 3 N–H and O–H groups in total. The number of hydrogen-bond acceptors (Lipinski definition) is 2. The standard InChI is InChI=1S/C18H14BrClFN3O2/c1-9-14(17(25)23-11-7-5-10(19)6-8-11)16(24-18(26)22-9)15-12(20)3-2-4-13(15)21/h2-8,16H,1H3,(H,23,25)(H2,22,24,26)/t16-/m0/s1. The molecule has 0 saturated carbocycles. The van der Waals surface area contributed by atoms with Crippen molar-refractivity contribution < 1.29 is 14.0 Å². The quantitative estimate of drug-likeness (QED) is 0.660. The van der Waals surface area contributed by atoms with Gasteiger partial charge in [-0.2, -0.15) is 0 Å². The van der Waals surface area contributed by atoms with Crippen LogP contribution < -0.4 is 16.0 Å². The molecule has 26 heavy (non-hydrogen) atoms. The Labute approximate surface area is 162 Å². The number of carbonyl (C=O) groups is 2. The maximum absolute atomic E-state index is 14.4. The zero-order valence-electron chi connectivity index (χ0n) is 13.6. The van der Waals surface area contributed by atoms with Crippen LogP contribution in [0.1, 0.15) is 18.5 Å². The molecule has 3 rings (SSSR count). The SMILES string of the molecule is CC1=C(C(=O)Nc2ccc(Br)cc2)[C@@H](c2c(F)cccc2Cl)NC(=O)N1. The second-order valence-corrected chi connectivity index (χ2v) is 6.99. The van der Waals surface area contributed by atoms with Crippen molar-refractivity contribution in [3.63, 3.8) is 0 Å². The number of benzene rings is 2. The third-order valence-corrected chi connectivity index (χ3v) is 4.76. The number of nitrogens with one attached hydrogen (secondary N) is 3. The molecule has 0 saturated heterocycles. The summed E-state index contributed by atoms with van der Waals surface area (Å²) >= 11 is 9.46. The minimum absolute atomic E-state index is 0.0457. The van der Waals surface area contributed by atoms with Crippen LogP contribution in [0.25, 0.3) is 0 Å². The lowest BCUT2D eigenvalue weighted by Crippen LogP contribution is -2.46. The number of rotatable bonds is 3. The summed E-state index contributed by atoms with van der Waals surface area (Å²) in [7, 11) is 0. The van der Waals surface area contributed by atoms with E-state index in [0.717, 1.165) is 4.47 Å². The highest BCUT2D eigenvalue weighted by Gasteiger charge is 2.34. The summed E-state index contributed by atoms with van der Waals surface area (Å²) in [6, 6.07) is 9.66. The van der Waals surface area contributed by atoms with Gasteiger partial charge in [0.2, 0.25) is 0 Å². The van der Waals surface area contributed by atoms with Crippen molar-refractivity contribution in [3.05, 3.63) is 74.6 Å². The first-order chi connectivity index (χ1) is 12.4. The number of halogens is 3. The zero-order chi connectivity index (χ0) is 18.8. The monoisotopic (exact) mass is 437 g/mol. The molecule has 0 aliphatic carbocycles. The van der Waals surface area contributed by atoms with Crippen molar-refractivity contribution >= 4 is 45.2 Å². The van der Waals surface area contributed by atoms with Crippen molar-refractivity contribution in [1.29, 1.82) is 0 Å². The van der Waals surface area contributed by atoms with Crippen LogP contribution in [0, 0.1) is 5.82 Å². The number of amides is 3. The Bertz CT molecular complexity index is 895. The van der Waals surface area contributed by atoms with E-state index in [4.69, 9.17) is 11.6 Å². The van der Waals surface area contributed by atoms with Crippen LogP contribution in [0.3, 0.4) is 0 Å². The molecule has 0 radical (unpaired) electrons. The van der Waals surface area contributed by atoms with E-state index in [9.17, 15) is 14.0 Å². The van der Waals surface area contributed by atoms with Crippen molar-refractivity contribution in [1.82, 2.24) is 10.6 Å². The predicted molar refractivity (Wildman–Crippen MR) is 101 cm³/mol. The van der Waals surface area contributed by atoms with Crippen molar-refractivity contribution in [3.8, 4) is 0 Å². The van der Waals surface area contributed by atoms with Crippen LogP contribution in [-0.2, 0) is 4.79 Å². The van der Waals surface area contributed by atoms with Crippen molar-refractivity contribution in [2.75, 3.05) is 5.32 Å². The van der Waals surface area contributed by atoms with Crippen molar-refractivity contribution in [2.24, 2.45) is 0 Å². The second-order valence-electron chi connectivity index (χ2n) is 5.67. The van der Waals surface area contributed by atoms with E-state index in [2.05, 4.69) is 31.9 Å². The molecule has 5 nitrogen and oxygen atoms in total. The van der Waals surface area contributed by atoms with Gasteiger partial charge in [-0.25, -0.2) is 9.18 Å². The molecule has 134 valence electrons. The normalized spacial score (nSPS) is 16.8. The first-order valence-corrected chi connectivity index (χ1v) is 8.83. The van der Waals surface area contributed by atoms with Gasteiger partial charge in [0, 0.05) is 26.4 Å². The predicted octanol–water partition coefficient (Wildman–Crippen LogP) is 4.51. The molecular weight excluding hydrogens is 425 g/mol. The van der Waals surface area contributed by atoms with Crippen LogP contribution in [0.5, 0.6) is 0 Å². The minimum Gasteiger partial charge on any atom is -0.327 e. The van der Waals surface area contributed by atoms with Gasteiger partial charge in [0.25, 0.3) is 5.91 Å². The summed E-state index contributed by atoms with van der Waals surface area (Å²) in [5.41, 5.74) is 1.12. The van der Waals surface area contributed by atoms with E-state index in [-0.39, 0.29) is 16.2 Å². The first kappa shape index (κ1) is 18.4. The summed E-state index contributed by atoms with van der Waals surface area (Å²) in [5, 5.41) is 7.98.